The van der Waals surface area contributed by atoms with E-state index in [9.17, 15) is 23.1 Å². The molecular formula is C23H35NO5S3. The highest BCUT2D eigenvalue weighted by Gasteiger charge is 2.35. The number of sulfone groups is 1. The lowest BCUT2D eigenvalue weighted by Gasteiger charge is -2.30. The number of carbonyl (C=O) groups excluding carboxylic acids is 2. The first-order valence-electron chi connectivity index (χ1n) is 11.4. The zero-order valence-electron chi connectivity index (χ0n) is 19.4. The Labute approximate surface area is 199 Å². The number of thioether (sulfide) groups is 1. The maximum Gasteiger partial charge on any atom is 0.262 e. The first-order chi connectivity index (χ1) is 14.9. The average molecular weight is 502 g/mol. The first kappa shape index (κ1) is 25.7. The highest BCUT2D eigenvalue weighted by atomic mass is 32.2. The molecule has 1 aromatic rings. The van der Waals surface area contributed by atoms with Gasteiger partial charge in [0.15, 0.2) is 15.6 Å². The molecule has 2 aliphatic carbocycles. The van der Waals surface area contributed by atoms with Crippen molar-refractivity contribution in [2.45, 2.75) is 80.8 Å². The van der Waals surface area contributed by atoms with Crippen molar-refractivity contribution in [1.82, 2.24) is 5.32 Å². The number of fused-ring (bicyclic) bond motifs is 1. The molecule has 0 saturated heterocycles. The monoisotopic (exact) mass is 501 g/mol. The van der Waals surface area contributed by atoms with E-state index in [-0.39, 0.29) is 35.8 Å². The van der Waals surface area contributed by atoms with Crippen molar-refractivity contribution >= 4 is 44.6 Å². The summed E-state index contributed by atoms with van der Waals surface area (Å²) < 4.78 is 25.2. The van der Waals surface area contributed by atoms with Gasteiger partial charge in [-0.2, -0.15) is 0 Å². The fourth-order valence-electron chi connectivity index (χ4n) is 4.60. The second-order valence-electron chi connectivity index (χ2n) is 9.98. The van der Waals surface area contributed by atoms with Crippen LogP contribution in [0.3, 0.4) is 0 Å². The molecule has 1 fully saturated rings. The van der Waals surface area contributed by atoms with Crippen LogP contribution in [0.4, 0.5) is 0 Å². The quantitative estimate of drug-likeness (QED) is 0.544. The van der Waals surface area contributed by atoms with Crippen molar-refractivity contribution in [3.05, 3.63) is 16.0 Å². The van der Waals surface area contributed by atoms with Crippen LogP contribution in [0, 0.1) is 11.8 Å². The van der Waals surface area contributed by atoms with Gasteiger partial charge in [0.1, 0.15) is 0 Å². The predicted octanol–water partition coefficient (Wildman–Crippen LogP) is 4.16. The lowest BCUT2D eigenvalue weighted by molar-refractivity contribution is -0.123. The normalized spacial score (nSPS) is 24.1. The lowest BCUT2D eigenvalue weighted by atomic mass is 9.81. The van der Waals surface area contributed by atoms with E-state index in [1.165, 1.54) is 11.3 Å². The van der Waals surface area contributed by atoms with Crippen LogP contribution in [-0.2, 0) is 21.1 Å². The van der Waals surface area contributed by atoms with Crippen molar-refractivity contribution in [3.8, 4) is 0 Å². The molecule has 1 unspecified atom stereocenters. The minimum atomic E-state index is -3.16. The van der Waals surface area contributed by atoms with E-state index in [2.05, 4.69) is 5.32 Å². The molecule has 6 nitrogen and oxygen atoms in total. The zero-order chi connectivity index (χ0) is 23.7. The summed E-state index contributed by atoms with van der Waals surface area (Å²) >= 11 is 2.95. The van der Waals surface area contributed by atoms with E-state index in [4.69, 9.17) is 0 Å². The first-order valence-corrected chi connectivity index (χ1v) is 15.0. The van der Waals surface area contributed by atoms with Crippen LogP contribution < -0.4 is 5.32 Å². The maximum atomic E-state index is 12.8. The van der Waals surface area contributed by atoms with Gasteiger partial charge < -0.3 is 10.4 Å². The number of aliphatic hydroxyl groups is 1. The number of hydrogen-bond acceptors (Lipinski definition) is 7. The summed E-state index contributed by atoms with van der Waals surface area (Å²) in [6.45, 7) is 5.19. The van der Waals surface area contributed by atoms with Crippen LogP contribution in [-0.4, -0.2) is 48.5 Å². The molecule has 180 valence electrons. The third-order valence-electron chi connectivity index (χ3n) is 6.76. The molecule has 1 saturated carbocycles. The molecule has 3 rings (SSSR count). The Hall–Kier alpha value is -0.900. The molecule has 32 heavy (non-hydrogen) atoms. The molecule has 0 aromatic carbocycles. The molecule has 0 bridgehead atoms. The zero-order valence-corrected chi connectivity index (χ0v) is 21.9. The second-order valence-corrected chi connectivity index (χ2v) is 14.9. The van der Waals surface area contributed by atoms with Gasteiger partial charge in [-0.3, -0.25) is 9.59 Å². The molecule has 1 amide bonds. The summed E-state index contributed by atoms with van der Waals surface area (Å²) in [6, 6.07) is 0. The van der Waals surface area contributed by atoms with Gasteiger partial charge in [-0.1, -0.05) is 0 Å². The van der Waals surface area contributed by atoms with Gasteiger partial charge in [0.25, 0.3) is 5.91 Å². The van der Waals surface area contributed by atoms with Crippen LogP contribution in [0.25, 0.3) is 0 Å². The molecule has 0 spiro atoms. The molecule has 9 heteroatoms. The number of rotatable bonds is 7. The number of hydrogen-bond donors (Lipinski definition) is 2. The van der Waals surface area contributed by atoms with Crippen LogP contribution in [0.5, 0.6) is 0 Å². The fraction of sp³-hybridized carbons (Fsp3) is 0.739. The van der Waals surface area contributed by atoms with Crippen molar-refractivity contribution in [1.29, 1.82) is 0 Å². The van der Waals surface area contributed by atoms with Gasteiger partial charge >= 0.3 is 0 Å². The Kier molecular flexibility index (Phi) is 8.16. The van der Waals surface area contributed by atoms with Gasteiger partial charge in [0, 0.05) is 11.5 Å². The minimum Gasteiger partial charge on any atom is -0.388 e. The number of amides is 1. The van der Waals surface area contributed by atoms with E-state index in [0.29, 0.717) is 17.7 Å². The molecular weight excluding hydrogens is 466 g/mol. The number of carbonyl (C=O) groups is 2. The Morgan fingerprint density at radius 3 is 2.41 bits per heavy atom. The molecule has 1 aromatic heterocycles. The Bertz CT molecular complexity index is 953. The fourth-order valence-corrected chi connectivity index (χ4v) is 8.17. The third-order valence-corrected chi connectivity index (χ3v) is 11.9. The molecule has 0 radical (unpaired) electrons. The van der Waals surface area contributed by atoms with Crippen molar-refractivity contribution < 1.29 is 23.1 Å². The number of nitrogens with one attached hydrogen (secondary N) is 1. The number of Topliss-reactive ketones (excluding diaryl/α,β-unsaturated/α-hetero) is 1. The van der Waals surface area contributed by atoms with Crippen LogP contribution in [0.15, 0.2) is 4.21 Å². The van der Waals surface area contributed by atoms with Crippen molar-refractivity contribution in [2.75, 3.05) is 18.6 Å². The lowest BCUT2D eigenvalue weighted by Crippen LogP contribution is -2.37. The van der Waals surface area contributed by atoms with Crippen LogP contribution in [0.1, 0.15) is 86.2 Å². The summed E-state index contributed by atoms with van der Waals surface area (Å²) in [5.74, 6) is -0.0528. The van der Waals surface area contributed by atoms with Crippen molar-refractivity contribution in [2.24, 2.45) is 11.8 Å². The standard InChI is InChI=1S/C23H35NO5S3/c1-23(2,3)32(28,29)13-14-8-10-15(11-9-14)18(26)12-24-21(27)20-16-6-5-7-17(25)19(16)22(30-4)31-20/h14-15,17,25H,5-13H2,1-4H3,(H,24,27). The Balaban J connectivity index is 1.54. The van der Waals surface area contributed by atoms with Crippen LogP contribution >= 0.6 is 23.1 Å². The summed E-state index contributed by atoms with van der Waals surface area (Å²) in [4.78, 5) is 26.2. The van der Waals surface area contributed by atoms with E-state index in [0.717, 1.165) is 47.4 Å². The SMILES string of the molecule is CSc1sc(C(=O)NCC(=O)C2CCC(CS(=O)(=O)C(C)(C)C)CC2)c2c1C(O)CCC2. The number of ketones is 1. The van der Waals surface area contributed by atoms with Crippen LogP contribution in [0.2, 0.25) is 0 Å². The van der Waals surface area contributed by atoms with Gasteiger partial charge in [-0.25, -0.2) is 8.42 Å². The van der Waals surface area contributed by atoms with Gasteiger partial charge in [-0.05, 0) is 83.5 Å². The summed E-state index contributed by atoms with van der Waals surface area (Å²) in [6.07, 6.45) is 6.59. The van der Waals surface area contributed by atoms with E-state index >= 15 is 0 Å². The average Bonchev–Trinajstić information content (AvgIpc) is 3.11. The van der Waals surface area contributed by atoms with Gasteiger partial charge in [-0.15, -0.1) is 23.1 Å². The number of thiophene rings is 1. The predicted molar refractivity (Wildman–Crippen MR) is 130 cm³/mol. The third kappa shape index (κ3) is 5.59. The van der Waals surface area contributed by atoms with Crippen molar-refractivity contribution in [3.63, 3.8) is 0 Å². The van der Waals surface area contributed by atoms with E-state index in [1.807, 2.05) is 6.26 Å². The summed E-state index contributed by atoms with van der Waals surface area (Å²) in [7, 11) is -3.16. The molecule has 2 N–H and O–H groups in total. The summed E-state index contributed by atoms with van der Waals surface area (Å²) in [5, 5.41) is 13.2. The Morgan fingerprint density at radius 2 is 1.81 bits per heavy atom. The second kappa shape index (κ2) is 10.2. The van der Waals surface area contributed by atoms with E-state index < -0.39 is 20.7 Å². The van der Waals surface area contributed by atoms with Gasteiger partial charge in [0.05, 0.1) is 32.2 Å². The van der Waals surface area contributed by atoms with Gasteiger partial charge in [0.2, 0.25) is 0 Å². The van der Waals surface area contributed by atoms with E-state index in [1.54, 1.807) is 32.5 Å². The topological polar surface area (TPSA) is 101 Å². The Morgan fingerprint density at radius 1 is 1.16 bits per heavy atom. The number of aliphatic hydroxyl groups excluding tert-OH is 1. The molecule has 1 heterocycles. The molecule has 0 aliphatic heterocycles. The maximum absolute atomic E-state index is 12.8. The summed E-state index contributed by atoms with van der Waals surface area (Å²) in [5.41, 5.74) is 1.83. The highest BCUT2D eigenvalue weighted by Crippen LogP contribution is 2.43. The molecule has 2 aliphatic rings. The highest BCUT2D eigenvalue weighted by molar-refractivity contribution is 8.00. The molecule has 1 atom stereocenters. The minimum absolute atomic E-state index is 0.00170. The largest absolute Gasteiger partial charge is 0.388 e. The smallest absolute Gasteiger partial charge is 0.262 e.